The summed E-state index contributed by atoms with van der Waals surface area (Å²) >= 11 is 0. The Morgan fingerprint density at radius 3 is 2.79 bits per heavy atom. The Bertz CT molecular complexity index is 728. The van der Waals surface area contributed by atoms with Crippen molar-refractivity contribution in [3.63, 3.8) is 0 Å². The van der Waals surface area contributed by atoms with Gasteiger partial charge in [0.05, 0.1) is 17.6 Å². The third-order valence-corrected chi connectivity index (χ3v) is 4.10. The molecule has 1 aromatic heterocycles. The maximum Gasteiger partial charge on any atom is 0.326 e. The molecule has 132 valence electrons. The third-order valence-electron chi connectivity index (χ3n) is 4.10. The molecule has 4 N–H and O–H groups in total. The van der Waals surface area contributed by atoms with Crippen molar-refractivity contribution >= 4 is 17.0 Å². The Balaban J connectivity index is 1.84. The van der Waals surface area contributed by atoms with E-state index in [9.17, 15) is 4.79 Å². The molecule has 0 aliphatic rings. The van der Waals surface area contributed by atoms with E-state index < -0.39 is 0 Å². The van der Waals surface area contributed by atoms with Crippen LogP contribution in [0.15, 0.2) is 34.1 Å². The summed E-state index contributed by atoms with van der Waals surface area (Å²) in [6.45, 7) is 7.57. The van der Waals surface area contributed by atoms with E-state index >= 15 is 0 Å². The minimum absolute atomic E-state index is 0.111. The normalized spacial score (nSPS) is 13.6. The highest BCUT2D eigenvalue weighted by atomic mass is 16.1. The minimum Gasteiger partial charge on any atom is -0.370 e. The van der Waals surface area contributed by atoms with E-state index in [1.807, 2.05) is 24.3 Å². The molecule has 2 rings (SSSR count). The summed E-state index contributed by atoms with van der Waals surface area (Å²) in [5, 5.41) is 3.22. The lowest BCUT2D eigenvalue weighted by atomic mass is 10.0. The molecular formula is C18H29N5O. The summed E-state index contributed by atoms with van der Waals surface area (Å²) in [6, 6.07) is 7.96. The van der Waals surface area contributed by atoms with Crippen molar-refractivity contribution in [3.05, 3.63) is 34.7 Å². The summed E-state index contributed by atoms with van der Waals surface area (Å²) in [7, 11) is 0. The highest BCUT2D eigenvalue weighted by Gasteiger charge is 2.06. The smallest absolute Gasteiger partial charge is 0.326 e. The van der Waals surface area contributed by atoms with Gasteiger partial charge in [-0.15, -0.1) is 0 Å². The van der Waals surface area contributed by atoms with Crippen LogP contribution in [0.4, 0.5) is 0 Å². The molecule has 0 aliphatic carbocycles. The Morgan fingerprint density at radius 2 is 2.04 bits per heavy atom. The topological polar surface area (TPSA) is 88.2 Å². The molecule has 0 spiro atoms. The molecule has 0 saturated heterocycles. The molecule has 1 heterocycles. The number of para-hydroxylation sites is 2. The molecule has 0 bridgehead atoms. The van der Waals surface area contributed by atoms with Gasteiger partial charge in [-0.2, -0.15) is 0 Å². The van der Waals surface area contributed by atoms with E-state index in [1.54, 1.807) is 4.57 Å². The van der Waals surface area contributed by atoms with Crippen LogP contribution < -0.4 is 16.7 Å². The average Bonchev–Trinajstić information content (AvgIpc) is 2.83. The van der Waals surface area contributed by atoms with E-state index in [0.717, 1.165) is 23.4 Å². The van der Waals surface area contributed by atoms with Gasteiger partial charge >= 0.3 is 5.69 Å². The quantitative estimate of drug-likeness (QED) is 0.513. The monoisotopic (exact) mass is 331 g/mol. The molecule has 0 aliphatic heterocycles. The fourth-order valence-corrected chi connectivity index (χ4v) is 2.80. The van der Waals surface area contributed by atoms with Crippen molar-refractivity contribution in [1.29, 1.82) is 0 Å². The molecule has 2 aromatic rings. The summed E-state index contributed by atoms with van der Waals surface area (Å²) in [6.07, 6.45) is 3.49. The number of imidazole rings is 1. The zero-order valence-electron chi connectivity index (χ0n) is 14.9. The first-order valence-corrected chi connectivity index (χ1v) is 8.71. The molecule has 1 aromatic carbocycles. The highest BCUT2D eigenvalue weighted by Crippen LogP contribution is 2.09. The molecule has 6 nitrogen and oxygen atoms in total. The van der Waals surface area contributed by atoms with Crippen LogP contribution in [-0.4, -0.2) is 28.1 Å². The molecule has 0 fully saturated rings. The number of nitrogens with two attached hydrogens (primary N) is 1. The zero-order chi connectivity index (χ0) is 17.5. The van der Waals surface area contributed by atoms with Crippen molar-refractivity contribution in [3.8, 4) is 0 Å². The average molecular weight is 331 g/mol. The van der Waals surface area contributed by atoms with Crippen LogP contribution >= 0.6 is 0 Å². The lowest BCUT2D eigenvalue weighted by Crippen LogP contribution is -2.38. The number of hydrogen-bond donors (Lipinski definition) is 3. The Kier molecular flexibility index (Phi) is 6.46. The van der Waals surface area contributed by atoms with Crippen LogP contribution in [0.3, 0.4) is 0 Å². The standard InChI is InChI=1S/C18H29N5O/c1-13(2)7-6-8-14(3)21-17(19)20-11-12-23-16-10-5-4-9-15(16)22-18(23)24/h4-5,9-10,13-14H,6-8,11-12H2,1-3H3,(H,22,24)(H3,19,20,21). The van der Waals surface area contributed by atoms with Crippen molar-refractivity contribution in [2.75, 3.05) is 6.54 Å². The van der Waals surface area contributed by atoms with Crippen LogP contribution in [0.25, 0.3) is 11.0 Å². The number of fused-ring (bicyclic) bond motifs is 1. The number of aliphatic imine (C=N–C) groups is 1. The zero-order valence-corrected chi connectivity index (χ0v) is 14.9. The van der Waals surface area contributed by atoms with Gasteiger partial charge in [-0.1, -0.05) is 38.8 Å². The van der Waals surface area contributed by atoms with E-state index in [2.05, 4.69) is 36.1 Å². The van der Waals surface area contributed by atoms with Gasteiger partial charge < -0.3 is 16.0 Å². The summed E-state index contributed by atoms with van der Waals surface area (Å²) in [4.78, 5) is 19.2. The predicted molar refractivity (Wildman–Crippen MR) is 100 cm³/mol. The highest BCUT2D eigenvalue weighted by molar-refractivity contribution is 5.78. The molecule has 0 amide bonds. The number of aromatic nitrogens is 2. The second kappa shape index (κ2) is 8.57. The van der Waals surface area contributed by atoms with E-state index in [4.69, 9.17) is 5.73 Å². The van der Waals surface area contributed by atoms with Gasteiger partial charge in [0.15, 0.2) is 5.96 Å². The first kappa shape index (κ1) is 18.1. The summed E-state index contributed by atoms with van der Waals surface area (Å²) in [5.41, 5.74) is 7.57. The predicted octanol–water partition coefficient (Wildman–Crippen LogP) is 2.45. The first-order chi connectivity index (χ1) is 11.5. The van der Waals surface area contributed by atoms with Gasteiger partial charge in [0.1, 0.15) is 0 Å². The van der Waals surface area contributed by atoms with E-state index in [-0.39, 0.29) is 5.69 Å². The van der Waals surface area contributed by atoms with Crippen LogP contribution in [0.1, 0.15) is 40.0 Å². The van der Waals surface area contributed by atoms with Crippen molar-refractivity contribution < 1.29 is 0 Å². The lowest BCUT2D eigenvalue weighted by Gasteiger charge is -2.15. The third kappa shape index (κ3) is 5.15. The minimum atomic E-state index is -0.111. The van der Waals surface area contributed by atoms with Crippen LogP contribution in [-0.2, 0) is 6.54 Å². The van der Waals surface area contributed by atoms with Crippen LogP contribution in [0, 0.1) is 5.92 Å². The molecule has 0 saturated carbocycles. The summed E-state index contributed by atoms with van der Waals surface area (Å²) < 4.78 is 1.69. The van der Waals surface area contributed by atoms with Gasteiger partial charge in [-0.25, -0.2) is 4.79 Å². The molecule has 1 unspecified atom stereocenters. The molecule has 1 atom stereocenters. The number of nitrogens with one attached hydrogen (secondary N) is 2. The SMILES string of the molecule is CC(C)CCCC(C)NC(N)=NCCn1c(=O)[nH]c2ccccc21. The maximum absolute atomic E-state index is 12.0. The van der Waals surface area contributed by atoms with E-state index in [1.165, 1.54) is 12.8 Å². The number of rotatable bonds is 8. The first-order valence-electron chi connectivity index (χ1n) is 8.71. The maximum atomic E-state index is 12.0. The van der Waals surface area contributed by atoms with Gasteiger partial charge in [-0.05, 0) is 31.4 Å². The lowest BCUT2D eigenvalue weighted by molar-refractivity contribution is 0.493. The second-order valence-electron chi connectivity index (χ2n) is 6.74. The van der Waals surface area contributed by atoms with Crippen LogP contribution in [0.2, 0.25) is 0 Å². The fraction of sp³-hybridized carbons (Fsp3) is 0.556. The summed E-state index contributed by atoms with van der Waals surface area (Å²) in [5.74, 6) is 1.18. The number of nitrogens with zero attached hydrogens (tertiary/aromatic N) is 2. The number of guanidine groups is 1. The van der Waals surface area contributed by atoms with Crippen molar-refractivity contribution in [2.24, 2.45) is 16.6 Å². The Hall–Kier alpha value is -2.24. The fourth-order valence-electron chi connectivity index (χ4n) is 2.80. The number of aromatic amines is 1. The van der Waals surface area contributed by atoms with Gasteiger partial charge in [-0.3, -0.25) is 9.56 Å². The van der Waals surface area contributed by atoms with Gasteiger partial charge in [0.25, 0.3) is 0 Å². The molecule has 0 radical (unpaired) electrons. The largest absolute Gasteiger partial charge is 0.370 e. The van der Waals surface area contributed by atoms with Crippen LogP contribution in [0.5, 0.6) is 0 Å². The number of hydrogen-bond acceptors (Lipinski definition) is 2. The molecule has 6 heteroatoms. The van der Waals surface area contributed by atoms with Crippen molar-refractivity contribution in [2.45, 2.75) is 52.6 Å². The Morgan fingerprint density at radius 1 is 1.29 bits per heavy atom. The number of H-pyrrole nitrogens is 1. The van der Waals surface area contributed by atoms with Gasteiger partial charge in [0.2, 0.25) is 0 Å². The second-order valence-corrected chi connectivity index (χ2v) is 6.74. The molecular weight excluding hydrogens is 302 g/mol. The Labute approximate surface area is 143 Å². The number of benzene rings is 1. The molecule has 24 heavy (non-hydrogen) atoms. The van der Waals surface area contributed by atoms with Gasteiger partial charge in [0, 0.05) is 12.6 Å². The van der Waals surface area contributed by atoms with E-state index in [0.29, 0.717) is 25.1 Å². The van der Waals surface area contributed by atoms with Crippen molar-refractivity contribution in [1.82, 2.24) is 14.9 Å².